The molecule has 3 fully saturated rings. The fourth-order valence-electron chi connectivity index (χ4n) is 8.36. The van der Waals surface area contributed by atoms with Gasteiger partial charge in [-0.1, -0.05) is 65.3 Å². The van der Waals surface area contributed by atoms with Crippen LogP contribution >= 0.6 is 0 Å². The molecule has 1 N–H and O–H groups in total. The number of aliphatic hydroxyl groups excluding tert-OH is 1. The van der Waals surface area contributed by atoms with E-state index in [2.05, 4.69) is 65.8 Å². The molecule has 0 heterocycles. The lowest BCUT2D eigenvalue weighted by Gasteiger charge is -2.60. The molecule has 0 radical (unpaired) electrons. The van der Waals surface area contributed by atoms with Crippen LogP contribution in [0.3, 0.4) is 0 Å². The van der Waals surface area contributed by atoms with Crippen LogP contribution in [0.5, 0.6) is 0 Å². The van der Waals surface area contributed by atoms with Crippen molar-refractivity contribution < 1.29 is 5.11 Å². The Morgan fingerprint density at radius 2 is 1.77 bits per heavy atom. The van der Waals surface area contributed by atoms with Crippen molar-refractivity contribution in [1.82, 2.24) is 0 Å². The minimum absolute atomic E-state index is 0.0305. The molecule has 4 aliphatic carbocycles. The van der Waals surface area contributed by atoms with Gasteiger partial charge in [0.1, 0.15) is 0 Å². The summed E-state index contributed by atoms with van der Waals surface area (Å²) in [5, 5.41) is 20.6. The second-order valence-electron chi connectivity index (χ2n) is 12.6. The third kappa shape index (κ3) is 3.45. The van der Waals surface area contributed by atoms with Gasteiger partial charge in [0.05, 0.1) is 17.6 Å². The van der Waals surface area contributed by atoms with E-state index in [0.29, 0.717) is 41.4 Å². The van der Waals surface area contributed by atoms with E-state index in [1.807, 2.05) is 0 Å². The number of aliphatic hydroxyl groups is 1. The normalized spacial score (nSPS) is 46.6. The summed E-state index contributed by atoms with van der Waals surface area (Å²) in [6.07, 6.45) is 15.7. The molecule has 2 nitrogen and oxygen atoms in total. The second-order valence-corrected chi connectivity index (χ2v) is 12.6. The number of nitriles is 1. The molecule has 0 saturated heterocycles. The molecule has 0 bridgehead atoms. The van der Waals surface area contributed by atoms with Crippen LogP contribution in [0, 0.1) is 63.1 Å². The highest BCUT2D eigenvalue weighted by Gasteiger charge is 2.62. The molecule has 0 aliphatic heterocycles. The fourth-order valence-corrected chi connectivity index (χ4v) is 8.36. The van der Waals surface area contributed by atoms with E-state index in [1.165, 1.54) is 25.7 Å². The third-order valence-corrected chi connectivity index (χ3v) is 10.9. The van der Waals surface area contributed by atoms with E-state index < -0.39 is 0 Å². The third-order valence-electron chi connectivity index (χ3n) is 10.9. The van der Waals surface area contributed by atoms with Gasteiger partial charge < -0.3 is 5.11 Å². The predicted molar refractivity (Wildman–Crippen MR) is 128 cm³/mol. The minimum atomic E-state index is -0.367. The summed E-state index contributed by atoms with van der Waals surface area (Å²) < 4.78 is 0. The van der Waals surface area contributed by atoms with Gasteiger partial charge in [-0.05, 0) is 97.7 Å². The average Bonchev–Trinajstić information content (AvgIpc) is 3.09. The van der Waals surface area contributed by atoms with Gasteiger partial charge in [-0.15, -0.1) is 0 Å². The second kappa shape index (κ2) is 8.06. The molecule has 172 valence electrons. The van der Waals surface area contributed by atoms with Crippen LogP contribution < -0.4 is 0 Å². The highest BCUT2D eigenvalue weighted by molar-refractivity contribution is 5.33. The molecule has 9 atom stereocenters. The lowest BCUT2D eigenvalue weighted by molar-refractivity contribution is -0.0768. The summed E-state index contributed by atoms with van der Waals surface area (Å²) in [6.45, 7) is 14.4. The summed E-state index contributed by atoms with van der Waals surface area (Å²) >= 11 is 0. The summed E-state index contributed by atoms with van der Waals surface area (Å²) in [5.74, 6) is 3.97. The molecular formula is C29H45NO. The Bertz CT molecular complexity index is 789. The van der Waals surface area contributed by atoms with E-state index in [-0.39, 0.29) is 16.9 Å². The summed E-state index contributed by atoms with van der Waals surface area (Å²) in [5.41, 5.74) is 1.76. The highest BCUT2D eigenvalue weighted by Crippen LogP contribution is 2.69. The van der Waals surface area contributed by atoms with Gasteiger partial charge in [0.2, 0.25) is 0 Å². The Morgan fingerprint density at radius 3 is 2.45 bits per heavy atom. The van der Waals surface area contributed by atoms with Gasteiger partial charge in [0.25, 0.3) is 0 Å². The van der Waals surface area contributed by atoms with Crippen LogP contribution in [-0.4, -0.2) is 11.2 Å². The highest BCUT2D eigenvalue weighted by atomic mass is 16.3. The van der Waals surface area contributed by atoms with Crippen molar-refractivity contribution >= 4 is 0 Å². The molecule has 0 spiro atoms. The van der Waals surface area contributed by atoms with Crippen LogP contribution in [0.4, 0.5) is 0 Å². The first-order valence-corrected chi connectivity index (χ1v) is 13.1. The minimum Gasteiger partial charge on any atom is -0.393 e. The number of rotatable bonds is 4. The topological polar surface area (TPSA) is 44.0 Å². The van der Waals surface area contributed by atoms with E-state index in [9.17, 15) is 10.4 Å². The van der Waals surface area contributed by atoms with Crippen molar-refractivity contribution in [2.75, 3.05) is 0 Å². The maximum Gasteiger partial charge on any atom is 0.0700 e. The Balaban J connectivity index is 1.60. The van der Waals surface area contributed by atoms with E-state index in [4.69, 9.17) is 0 Å². The number of allylic oxidation sites excluding steroid dienone is 4. The number of nitrogens with zero attached hydrogens (tertiary/aromatic N) is 1. The Kier molecular flexibility index (Phi) is 6.00. The Hall–Kier alpha value is -1.07. The van der Waals surface area contributed by atoms with Crippen molar-refractivity contribution in [3.05, 3.63) is 23.8 Å². The summed E-state index contributed by atoms with van der Waals surface area (Å²) in [7, 11) is 0. The number of hydrogen-bond acceptors (Lipinski definition) is 2. The lowest BCUT2D eigenvalue weighted by atomic mass is 9.43. The van der Waals surface area contributed by atoms with E-state index in [0.717, 1.165) is 25.2 Å². The average molecular weight is 424 g/mol. The molecule has 2 heteroatoms. The monoisotopic (exact) mass is 423 g/mol. The quantitative estimate of drug-likeness (QED) is 0.482. The first kappa shape index (κ1) is 23.1. The predicted octanol–water partition coefficient (Wildman–Crippen LogP) is 7.30. The van der Waals surface area contributed by atoms with Crippen LogP contribution in [0.15, 0.2) is 23.8 Å². The smallest absolute Gasteiger partial charge is 0.0700 e. The molecule has 0 aromatic rings. The zero-order valence-corrected chi connectivity index (χ0v) is 20.8. The van der Waals surface area contributed by atoms with Crippen LogP contribution in [-0.2, 0) is 0 Å². The van der Waals surface area contributed by atoms with Crippen molar-refractivity contribution in [1.29, 1.82) is 5.26 Å². The lowest BCUT2D eigenvalue weighted by Crippen LogP contribution is -2.55. The molecule has 4 aliphatic rings. The summed E-state index contributed by atoms with van der Waals surface area (Å²) in [4.78, 5) is 0. The Morgan fingerprint density at radius 1 is 1.03 bits per heavy atom. The maximum atomic E-state index is 10.4. The van der Waals surface area contributed by atoms with Gasteiger partial charge in [0, 0.05) is 0 Å². The Labute approximate surface area is 191 Å². The largest absolute Gasteiger partial charge is 0.393 e. The van der Waals surface area contributed by atoms with Gasteiger partial charge in [-0.25, -0.2) is 0 Å². The van der Waals surface area contributed by atoms with Gasteiger partial charge in [-0.3, -0.25) is 0 Å². The molecular weight excluding hydrogens is 378 g/mol. The van der Waals surface area contributed by atoms with Crippen LogP contribution in [0.2, 0.25) is 0 Å². The summed E-state index contributed by atoms with van der Waals surface area (Å²) in [6, 6.07) is 2.74. The standard InChI is InChI=1S/C29H45NO/c1-19(2)20(3)7-8-21(4)24-9-10-25-23-12-16-29(18-30)17-22(31)11-15-28(29,6)26(23)13-14-27(24,25)5/h7-8,12,19-22,24-26,31H,9-11,13-17H2,1-6H3/b8-7+/t20-,21+,22-,24+,25-,26?,27+,28+,29-/m0/s1. The van der Waals surface area contributed by atoms with Gasteiger partial charge in [0.15, 0.2) is 0 Å². The number of hydrogen-bond donors (Lipinski definition) is 1. The first-order valence-electron chi connectivity index (χ1n) is 13.1. The van der Waals surface area contributed by atoms with E-state index in [1.54, 1.807) is 5.57 Å². The molecule has 31 heavy (non-hydrogen) atoms. The SMILES string of the molecule is CC(C)[C@@H](C)/C=C/[C@@H](C)[C@H]1CC[C@H]2C3=CC[C@@]4(C#N)C[C@@H](O)CC[C@]4(C)C3CC[C@]12C. The van der Waals surface area contributed by atoms with Crippen molar-refractivity contribution in [3.8, 4) is 6.07 Å². The molecule has 0 amide bonds. The number of fused-ring (bicyclic) bond motifs is 5. The fraction of sp³-hybridized carbons (Fsp3) is 0.828. The van der Waals surface area contributed by atoms with Gasteiger partial charge in [-0.2, -0.15) is 5.26 Å². The molecule has 1 unspecified atom stereocenters. The zero-order chi connectivity index (χ0) is 22.6. The molecule has 0 aromatic heterocycles. The van der Waals surface area contributed by atoms with Crippen LogP contribution in [0.1, 0.15) is 92.9 Å². The van der Waals surface area contributed by atoms with Crippen molar-refractivity contribution in [3.63, 3.8) is 0 Å². The zero-order valence-electron chi connectivity index (χ0n) is 20.8. The molecule has 4 rings (SSSR count). The van der Waals surface area contributed by atoms with Crippen molar-refractivity contribution in [2.45, 2.75) is 99.0 Å². The first-order chi connectivity index (χ1) is 14.6. The van der Waals surface area contributed by atoms with Crippen molar-refractivity contribution in [2.24, 2.45) is 51.8 Å². The molecule has 3 saturated carbocycles. The van der Waals surface area contributed by atoms with Gasteiger partial charge >= 0.3 is 0 Å². The maximum absolute atomic E-state index is 10.4. The van der Waals surface area contributed by atoms with Crippen LogP contribution in [0.25, 0.3) is 0 Å². The molecule has 0 aromatic carbocycles. The van der Waals surface area contributed by atoms with E-state index >= 15 is 0 Å².